The van der Waals surface area contributed by atoms with Crippen LogP contribution in [0.5, 0.6) is 0 Å². The van der Waals surface area contributed by atoms with Crippen molar-refractivity contribution in [3.05, 3.63) is 52.4 Å². The molecule has 0 unspecified atom stereocenters. The van der Waals surface area contributed by atoms with Gasteiger partial charge in [-0.2, -0.15) is 10.4 Å². The molecule has 0 aliphatic carbocycles. The molecule has 1 aromatic carbocycles. The molecule has 0 fully saturated rings. The number of benzene rings is 1. The second-order valence-electron chi connectivity index (χ2n) is 5.56. The smallest absolute Gasteiger partial charge is 0.231 e. The van der Waals surface area contributed by atoms with Crippen molar-refractivity contribution >= 4 is 33.7 Å². The van der Waals surface area contributed by atoms with Crippen molar-refractivity contribution in [3.8, 4) is 28.6 Å². The Kier molecular flexibility index (Phi) is 4.38. The van der Waals surface area contributed by atoms with Gasteiger partial charge in [-0.3, -0.25) is 4.68 Å². The maximum absolute atomic E-state index is 13.3. The lowest BCUT2D eigenvalue weighted by atomic mass is 10.0. The van der Waals surface area contributed by atoms with Crippen LogP contribution >= 0.6 is 22.6 Å². The summed E-state index contributed by atoms with van der Waals surface area (Å²) < 4.78 is 21.3. The molecule has 128 valence electrons. The van der Waals surface area contributed by atoms with Crippen LogP contribution in [0, 0.1) is 20.9 Å². The van der Waals surface area contributed by atoms with Gasteiger partial charge in [-0.1, -0.05) is 0 Å². The van der Waals surface area contributed by atoms with Crippen molar-refractivity contribution in [2.24, 2.45) is 0 Å². The fourth-order valence-corrected chi connectivity index (χ4v) is 3.26. The minimum atomic E-state index is -0.312. The van der Waals surface area contributed by atoms with Crippen LogP contribution < -0.4 is 0 Å². The van der Waals surface area contributed by atoms with Crippen LogP contribution in [0.2, 0.25) is 0 Å². The molecule has 3 aromatic heterocycles. The van der Waals surface area contributed by atoms with E-state index in [1.165, 1.54) is 18.5 Å². The Balaban J connectivity index is 1.92. The molecule has 8 heteroatoms. The molecule has 0 aliphatic rings. The summed E-state index contributed by atoms with van der Waals surface area (Å²) in [6.45, 7) is 0.460. The third-order valence-electron chi connectivity index (χ3n) is 3.89. The number of furan rings is 1. The Morgan fingerprint density at radius 1 is 1.19 bits per heavy atom. The van der Waals surface area contributed by atoms with Crippen LogP contribution in [0.1, 0.15) is 6.42 Å². The van der Waals surface area contributed by atoms with Gasteiger partial charge < -0.3 is 4.42 Å². The quantitative estimate of drug-likeness (QED) is 0.423. The van der Waals surface area contributed by atoms with Crippen LogP contribution in [-0.2, 0) is 6.54 Å². The number of halogens is 2. The van der Waals surface area contributed by atoms with Gasteiger partial charge in [0.1, 0.15) is 17.8 Å². The summed E-state index contributed by atoms with van der Waals surface area (Å²) in [6, 6.07) is 10.1. The summed E-state index contributed by atoms with van der Waals surface area (Å²) in [7, 11) is 0. The van der Waals surface area contributed by atoms with Crippen LogP contribution in [0.3, 0.4) is 0 Å². The lowest BCUT2D eigenvalue weighted by Crippen LogP contribution is -1.97. The topological polar surface area (TPSA) is 80.5 Å². The predicted molar refractivity (Wildman–Crippen MR) is 101 cm³/mol. The Morgan fingerprint density at radius 3 is 2.77 bits per heavy atom. The number of hydrogen-bond acceptors (Lipinski definition) is 5. The van der Waals surface area contributed by atoms with Crippen molar-refractivity contribution in [2.45, 2.75) is 13.0 Å². The highest BCUT2D eigenvalue weighted by molar-refractivity contribution is 14.1. The molecule has 6 nitrogen and oxygen atoms in total. The maximum atomic E-state index is 13.3. The highest BCUT2D eigenvalue weighted by Crippen LogP contribution is 2.34. The number of fused-ring (bicyclic) bond motifs is 1. The van der Waals surface area contributed by atoms with Crippen molar-refractivity contribution < 1.29 is 8.81 Å². The first-order valence-corrected chi connectivity index (χ1v) is 8.84. The molecule has 4 aromatic rings. The molecule has 3 heterocycles. The first-order chi connectivity index (χ1) is 12.7. The molecular weight excluding hydrogens is 448 g/mol. The van der Waals surface area contributed by atoms with E-state index >= 15 is 0 Å². The molecule has 0 atom stereocenters. The third-order valence-corrected chi connectivity index (χ3v) is 4.42. The van der Waals surface area contributed by atoms with Gasteiger partial charge >= 0.3 is 0 Å². The lowest BCUT2D eigenvalue weighted by Gasteiger charge is -2.03. The maximum Gasteiger partial charge on any atom is 0.231 e. The summed E-state index contributed by atoms with van der Waals surface area (Å²) in [5, 5.41) is 14.2. The van der Waals surface area contributed by atoms with E-state index in [0.717, 1.165) is 16.5 Å². The SMILES string of the molecule is N#CCCn1cc(-c2ncnc3oc(I)cc23)c(-c2ccc(F)cc2)n1. The van der Waals surface area contributed by atoms with E-state index in [1.54, 1.807) is 16.8 Å². The minimum Gasteiger partial charge on any atom is -0.432 e. The van der Waals surface area contributed by atoms with Crippen LogP contribution in [0.15, 0.2) is 47.3 Å². The van der Waals surface area contributed by atoms with Crippen molar-refractivity contribution in [1.29, 1.82) is 5.26 Å². The monoisotopic (exact) mass is 459 g/mol. The zero-order valence-corrected chi connectivity index (χ0v) is 15.5. The molecule has 26 heavy (non-hydrogen) atoms. The largest absolute Gasteiger partial charge is 0.432 e. The second-order valence-corrected chi connectivity index (χ2v) is 6.62. The Labute approximate surface area is 161 Å². The Bertz CT molecular complexity index is 1130. The fourth-order valence-electron chi connectivity index (χ4n) is 2.74. The number of aromatic nitrogens is 4. The van der Waals surface area contributed by atoms with E-state index in [1.807, 2.05) is 12.3 Å². The average Bonchev–Trinajstić information content (AvgIpc) is 3.23. The van der Waals surface area contributed by atoms with Crippen LogP contribution in [-0.4, -0.2) is 19.7 Å². The predicted octanol–water partition coefficient (Wildman–Crippen LogP) is 4.41. The van der Waals surface area contributed by atoms with Gasteiger partial charge in [0.2, 0.25) is 5.71 Å². The lowest BCUT2D eigenvalue weighted by molar-refractivity contribution is 0.572. The van der Waals surface area contributed by atoms with Crippen molar-refractivity contribution in [1.82, 2.24) is 19.7 Å². The molecule has 4 rings (SSSR count). The van der Waals surface area contributed by atoms with Gasteiger partial charge in [-0.05, 0) is 46.9 Å². The summed E-state index contributed by atoms with van der Waals surface area (Å²) in [4.78, 5) is 8.58. The fraction of sp³-hybridized carbons (Fsp3) is 0.111. The Hall–Kier alpha value is -2.80. The summed E-state index contributed by atoms with van der Waals surface area (Å²) in [6.07, 6.45) is 3.63. The van der Waals surface area contributed by atoms with E-state index < -0.39 is 0 Å². The molecule has 0 radical (unpaired) electrons. The molecule has 0 aliphatic heterocycles. The van der Waals surface area contributed by atoms with Gasteiger partial charge in [0.05, 0.1) is 30.1 Å². The molecule has 0 bridgehead atoms. The zero-order valence-electron chi connectivity index (χ0n) is 13.4. The minimum absolute atomic E-state index is 0.312. The number of hydrogen-bond donors (Lipinski definition) is 0. The standard InChI is InChI=1S/C18H11FIN5O/c19-12-4-2-11(3-5-12)16-14(9-25(24-16)7-1-6-21)17-13-8-15(20)26-18(13)23-10-22-17/h2-5,8-10H,1,7H2. The molecule has 0 saturated carbocycles. The second kappa shape index (κ2) is 6.84. The highest BCUT2D eigenvalue weighted by atomic mass is 127. The van der Waals surface area contributed by atoms with E-state index in [-0.39, 0.29) is 5.82 Å². The van der Waals surface area contributed by atoms with E-state index in [4.69, 9.17) is 9.68 Å². The van der Waals surface area contributed by atoms with Crippen LogP contribution in [0.4, 0.5) is 4.39 Å². The van der Waals surface area contributed by atoms with Gasteiger partial charge in [-0.25, -0.2) is 14.4 Å². The molecular formula is C18H11FIN5O. The summed E-state index contributed by atoms with van der Waals surface area (Å²) in [5.41, 5.74) is 3.39. The van der Waals surface area contributed by atoms with Crippen molar-refractivity contribution in [2.75, 3.05) is 0 Å². The van der Waals surface area contributed by atoms with Crippen molar-refractivity contribution in [3.63, 3.8) is 0 Å². The number of rotatable bonds is 4. The van der Waals surface area contributed by atoms with Crippen LogP contribution in [0.25, 0.3) is 33.6 Å². The molecule has 0 amide bonds. The summed E-state index contributed by atoms with van der Waals surface area (Å²) >= 11 is 2.08. The van der Waals surface area contributed by atoms with Gasteiger partial charge in [-0.15, -0.1) is 0 Å². The normalized spacial score (nSPS) is 11.0. The van der Waals surface area contributed by atoms with E-state index in [9.17, 15) is 4.39 Å². The number of nitriles is 1. The first kappa shape index (κ1) is 16.7. The average molecular weight is 459 g/mol. The number of nitrogens with zero attached hydrogens (tertiary/aromatic N) is 5. The highest BCUT2D eigenvalue weighted by Gasteiger charge is 2.19. The Morgan fingerprint density at radius 2 is 2.00 bits per heavy atom. The van der Waals surface area contributed by atoms with E-state index in [2.05, 4.69) is 43.7 Å². The van der Waals surface area contributed by atoms with Gasteiger partial charge in [0.25, 0.3) is 0 Å². The molecule has 0 N–H and O–H groups in total. The first-order valence-electron chi connectivity index (χ1n) is 7.76. The zero-order chi connectivity index (χ0) is 18.1. The molecule has 0 saturated heterocycles. The van der Waals surface area contributed by atoms with Gasteiger partial charge in [0, 0.05) is 23.4 Å². The molecule has 0 spiro atoms. The van der Waals surface area contributed by atoms with E-state index in [0.29, 0.717) is 33.8 Å². The van der Waals surface area contributed by atoms with Gasteiger partial charge in [0.15, 0.2) is 3.77 Å². The summed E-state index contributed by atoms with van der Waals surface area (Å²) in [5.74, 6) is -0.312. The third kappa shape index (κ3) is 3.06. The number of aryl methyl sites for hydroxylation is 1.